The van der Waals surface area contributed by atoms with Gasteiger partial charge in [-0.3, -0.25) is 4.79 Å². The number of nitrogens with zero attached hydrogens (tertiary/aromatic N) is 2. The molecular weight excluding hydrogens is 372 g/mol. The Morgan fingerprint density at radius 1 is 0.900 bits per heavy atom. The van der Waals surface area contributed by atoms with E-state index >= 15 is 0 Å². The van der Waals surface area contributed by atoms with Crippen LogP contribution >= 0.6 is 0 Å². The number of aromatic nitrogens is 2. The molecule has 1 heterocycles. The summed E-state index contributed by atoms with van der Waals surface area (Å²) in [5.41, 5.74) is 4.71. The van der Waals surface area contributed by atoms with Gasteiger partial charge in [0, 0.05) is 28.9 Å². The maximum absolute atomic E-state index is 12.6. The van der Waals surface area contributed by atoms with Crippen molar-refractivity contribution in [1.82, 2.24) is 15.3 Å². The normalized spacial score (nSPS) is 14.7. The second kappa shape index (κ2) is 9.53. The van der Waals surface area contributed by atoms with Gasteiger partial charge >= 0.3 is 0 Å². The van der Waals surface area contributed by atoms with Crippen LogP contribution in [0.25, 0.3) is 11.3 Å². The van der Waals surface area contributed by atoms with Crippen LogP contribution < -0.4 is 10.6 Å². The molecule has 1 fully saturated rings. The molecule has 30 heavy (non-hydrogen) atoms. The molecule has 1 amide bonds. The molecule has 5 nitrogen and oxygen atoms in total. The summed E-state index contributed by atoms with van der Waals surface area (Å²) in [5.74, 6) is 0.730. The predicted molar refractivity (Wildman–Crippen MR) is 121 cm³/mol. The average molecular weight is 401 g/mol. The quantitative estimate of drug-likeness (QED) is 0.543. The molecule has 1 aromatic heterocycles. The van der Waals surface area contributed by atoms with E-state index in [4.69, 9.17) is 0 Å². The van der Waals surface area contributed by atoms with Gasteiger partial charge in [0.15, 0.2) is 0 Å². The van der Waals surface area contributed by atoms with E-state index in [1.807, 2.05) is 30.3 Å². The van der Waals surface area contributed by atoms with Crippen molar-refractivity contribution in [2.24, 2.45) is 0 Å². The molecule has 1 aliphatic carbocycles. The standard InChI is InChI=1S/C25H28N4O/c1-18-8-10-19(11-9-18)23-16-24(27-17-26-23)28-22-14-12-20(13-15-22)25(30)29-21-6-4-2-3-5-7-21/h8-17,21H,2-7H2,1H3,(H,29,30)(H,26,27,28). The monoisotopic (exact) mass is 400 g/mol. The molecule has 1 saturated carbocycles. The molecule has 0 unspecified atom stereocenters. The third kappa shape index (κ3) is 5.23. The van der Waals surface area contributed by atoms with Gasteiger partial charge in [0.1, 0.15) is 12.1 Å². The van der Waals surface area contributed by atoms with Gasteiger partial charge in [-0.2, -0.15) is 0 Å². The van der Waals surface area contributed by atoms with Crippen LogP contribution in [0.1, 0.15) is 54.4 Å². The molecule has 0 radical (unpaired) electrons. The molecule has 2 aromatic carbocycles. The van der Waals surface area contributed by atoms with Crippen LogP contribution in [0.5, 0.6) is 0 Å². The molecule has 1 aliphatic rings. The van der Waals surface area contributed by atoms with Crippen LogP contribution in [0.4, 0.5) is 11.5 Å². The molecule has 154 valence electrons. The number of carbonyl (C=O) groups excluding carboxylic acids is 1. The molecule has 5 heteroatoms. The van der Waals surface area contributed by atoms with Crippen molar-refractivity contribution in [1.29, 1.82) is 0 Å². The highest BCUT2D eigenvalue weighted by Gasteiger charge is 2.15. The largest absolute Gasteiger partial charge is 0.349 e. The van der Waals surface area contributed by atoms with Gasteiger partial charge < -0.3 is 10.6 Å². The number of anilines is 2. The van der Waals surface area contributed by atoms with Crippen LogP contribution in [-0.4, -0.2) is 21.9 Å². The zero-order valence-electron chi connectivity index (χ0n) is 17.4. The van der Waals surface area contributed by atoms with Crippen molar-refractivity contribution in [3.63, 3.8) is 0 Å². The van der Waals surface area contributed by atoms with Crippen molar-refractivity contribution >= 4 is 17.4 Å². The van der Waals surface area contributed by atoms with Crippen molar-refractivity contribution in [3.05, 3.63) is 72.1 Å². The van der Waals surface area contributed by atoms with Crippen molar-refractivity contribution < 1.29 is 4.79 Å². The lowest BCUT2D eigenvalue weighted by atomic mass is 10.1. The highest BCUT2D eigenvalue weighted by atomic mass is 16.1. The highest BCUT2D eigenvalue weighted by molar-refractivity contribution is 5.94. The van der Waals surface area contributed by atoms with Crippen molar-refractivity contribution in [2.45, 2.75) is 51.5 Å². The van der Waals surface area contributed by atoms with Crippen molar-refractivity contribution in [3.8, 4) is 11.3 Å². The summed E-state index contributed by atoms with van der Waals surface area (Å²) < 4.78 is 0. The van der Waals surface area contributed by atoms with E-state index in [0.29, 0.717) is 11.6 Å². The smallest absolute Gasteiger partial charge is 0.251 e. The van der Waals surface area contributed by atoms with E-state index in [0.717, 1.165) is 35.6 Å². The van der Waals surface area contributed by atoms with Gasteiger partial charge in [-0.1, -0.05) is 55.5 Å². The van der Waals surface area contributed by atoms with Gasteiger partial charge in [-0.25, -0.2) is 9.97 Å². The van der Waals surface area contributed by atoms with Crippen LogP contribution in [0, 0.1) is 6.92 Å². The minimum Gasteiger partial charge on any atom is -0.349 e. The van der Waals surface area contributed by atoms with Gasteiger partial charge in [0.2, 0.25) is 0 Å². The lowest BCUT2D eigenvalue weighted by molar-refractivity contribution is 0.0933. The Bertz CT molecular complexity index is 975. The first kappa shape index (κ1) is 20.1. The van der Waals surface area contributed by atoms with Crippen LogP contribution in [-0.2, 0) is 0 Å². The number of amides is 1. The van der Waals surface area contributed by atoms with Crippen LogP contribution in [0.3, 0.4) is 0 Å². The topological polar surface area (TPSA) is 66.9 Å². The van der Waals surface area contributed by atoms with Crippen LogP contribution in [0.2, 0.25) is 0 Å². The molecular formula is C25H28N4O. The number of hydrogen-bond acceptors (Lipinski definition) is 4. The number of rotatable bonds is 5. The molecule has 0 atom stereocenters. The summed E-state index contributed by atoms with van der Waals surface area (Å²) >= 11 is 0. The summed E-state index contributed by atoms with van der Waals surface area (Å²) in [5, 5.41) is 6.49. The second-order valence-corrected chi connectivity index (χ2v) is 8.02. The maximum atomic E-state index is 12.6. The Kier molecular flexibility index (Phi) is 6.38. The van der Waals surface area contributed by atoms with Gasteiger partial charge in [-0.15, -0.1) is 0 Å². The molecule has 2 N–H and O–H groups in total. The van der Waals surface area contributed by atoms with E-state index < -0.39 is 0 Å². The van der Waals surface area contributed by atoms with E-state index in [1.165, 1.54) is 31.2 Å². The third-order valence-corrected chi connectivity index (χ3v) is 5.62. The van der Waals surface area contributed by atoms with E-state index in [-0.39, 0.29) is 5.91 Å². The lowest BCUT2D eigenvalue weighted by Gasteiger charge is -2.16. The molecule has 4 rings (SSSR count). The number of benzene rings is 2. The number of carbonyl (C=O) groups is 1. The van der Waals surface area contributed by atoms with Gasteiger partial charge in [0.25, 0.3) is 5.91 Å². The molecule has 0 aliphatic heterocycles. The lowest BCUT2D eigenvalue weighted by Crippen LogP contribution is -2.34. The van der Waals surface area contributed by atoms with Gasteiger partial charge in [-0.05, 0) is 44.0 Å². The summed E-state index contributed by atoms with van der Waals surface area (Å²) in [6.45, 7) is 2.07. The summed E-state index contributed by atoms with van der Waals surface area (Å²) in [7, 11) is 0. The minimum absolute atomic E-state index is 0.0112. The summed E-state index contributed by atoms with van der Waals surface area (Å²) in [6, 6.07) is 18.0. The Balaban J connectivity index is 1.40. The van der Waals surface area contributed by atoms with E-state index in [1.54, 1.807) is 6.33 Å². The Morgan fingerprint density at radius 2 is 1.60 bits per heavy atom. The first-order valence-electron chi connectivity index (χ1n) is 10.7. The molecule has 0 saturated heterocycles. The highest BCUT2D eigenvalue weighted by Crippen LogP contribution is 2.22. The fourth-order valence-corrected chi connectivity index (χ4v) is 3.85. The molecule has 3 aromatic rings. The predicted octanol–water partition coefficient (Wildman–Crippen LogP) is 5.65. The number of aryl methyl sites for hydroxylation is 1. The zero-order valence-corrected chi connectivity index (χ0v) is 17.4. The minimum atomic E-state index is 0.0112. The maximum Gasteiger partial charge on any atom is 0.251 e. The first-order valence-corrected chi connectivity index (χ1v) is 10.7. The Hall–Kier alpha value is -3.21. The SMILES string of the molecule is Cc1ccc(-c2cc(Nc3ccc(C(=O)NC4CCCCCC4)cc3)ncn2)cc1. The Labute approximate surface area is 178 Å². The molecule has 0 bridgehead atoms. The first-order chi connectivity index (χ1) is 14.7. The van der Waals surface area contributed by atoms with Gasteiger partial charge in [0.05, 0.1) is 5.69 Å². The number of nitrogens with one attached hydrogen (secondary N) is 2. The van der Waals surface area contributed by atoms with Crippen molar-refractivity contribution in [2.75, 3.05) is 5.32 Å². The zero-order chi connectivity index (χ0) is 20.8. The third-order valence-electron chi connectivity index (χ3n) is 5.62. The van der Waals surface area contributed by atoms with Crippen LogP contribution in [0.15, 0.2) is 60.9 Å². The fraction of sp³-hybridized carbons (Fsp3) is 0.320. The average Bonchev–Trinajstić information content (AvgIpc) is 3.04. The van der Waals surface area contributed by atoms with E-state index in [9.17, 15) is 4.79 Å². The molecule has 0 spiro atoms. The Morgan fingerprint density at radius 3 is 2.30 bits per heavy atom. The van der Waals surface area contributed by atoms with E-state index in [2.05, 4.69) is 51.8 Å². The summed E-state index contributed by atoms with van der Waals surface area (Å²) in [6.07, 6.45) is 8.70. The fourth-order valence-electron chi connectivity index (χ4n) is 3.85. The number of hydrogen-bond donors (Lipinski definition) is 2. The second-order valence-electron chi connectivity index (χ2n) is 8.02. The summed E-state index contributed by atoms with van der Waals surface area (Å²) in [4.78, 5) is 21.3.